The molecule has 1 saturated heterocycles. The smallest absolute Gasteiger partial charge is 0.360 e. The Morgan fingerprint density at radius 3 is 2.45 bits per heavy atom. The van der Waals surface area contributed by atoms with Crippen molar-refractivity contribution < 1.29 is 28.4 Å². The first-order chi connectivity index (χ1) is 13.4. The Kier molecular flexibility index (Phi) is 5.42. The van der Waals surface area contributed by atoms with Gasteiger partial charge in [-0.3, -0.25) is 14.7 Å². The van der Waals surface area contributed by atoms with Gasteiger partial charge in [0.15, 0.2) is 0 Å². The molecule has 0 unspecified atom stereocenters. The highest BCUT2D eigenvalue weighted by atomic mass is 31.2. The Morgan fingerprint density at radius 2 is 1.90 bits per heavy atom. The van der Waals surface area contributed by atoms with Crippen molar-refractivity contribution in [1.29, 1.82) is 0 Å². The van der Waals surface area contributed by atoms with E-state index in [2.05, 4.69) is 5.32 Å². The second-order valence-corrected chi connectivity index (χ2v) is 9.97. The van der Waals surface area contributed by atoms with E-state index in [1.54, 1.807) is 19.9 Å². The van der Waals surface area contributed by atoms with Crippen LogP contribution < -0.4 is 5.32 Å². The number of rotatable bonds is 4. The Labute approximate surface area is 168 Å². The van der Waals surface area contributed by atoms with E-state index in [0.29, 0.717) is 17.0 Å². The van der Waals surface area contributed by atoms with Crippen LogP contribution >= 0.6 is 7.60 Å². The second-order valence-electron chi connectivity index (χ2n) is 7.97. The third-order valence-corrected chi connectivity index (χ3v) is 7.04. The lowest BCUT2D eigenvalue weighted by molar-refractivity contribution is -0.384. The molecular weight excluding hydrogens is 399 g/mol. The fourth-order valence-electron chi connectivity index (χ4n) is 3.51. The zero-order chi connectivity index (χ0) is 21.6. The van der Waals surface area contributed by atoms with Crippen LogP contribution in [0.3, 0.4) is 0 Å². The first-order valence-corrected chi connectivity index (χ1v) is 10.6. The lowest BCUT2D eigenvalue weighted by Gasteiger charge is -2.39. The van der Waals surface area contributed by atoms with Crippen molar-refractivity contribution in [3.8, 4) is 0 Å². The molecule has 10 heteroatoms. The van der Waals surface area contributed by atoms with E-state index in [4.69, 9.17) is 9.05 Å². The number of hydrogen-bond acceptors (Lipinski definition) is 7. The molecule has 0 saturated carbocycles. The Balaban J connectivity index is 2.19. The molecule has 2 aliphatic rings. The maximum Gasteiger partial charge on any atom is 0.360 e. The summed E-state index contributed by atoms with van der Waals surface area (Å²) in [6.45, 7) is 7.41. The maximum absolute atomic E-state index is 13.7. The number of carbonyl (C=O) groups is 1. The molecule has 1 aromatic carbocycles. The van der Waals surface area contributed by atoms with Crippen molar-refractivity contribution >= 4 is 19.3 Å². The molecule has 0 bridgehead atoms. The van der Waals surface area contributed by atoms with E-state index in [-0.39, 0.29) is 35.2 Å². The molecule has 9 nitrogen and oxygen atoms in total. The summed E-state index contributed by atoms with van der Waals surface area (Å²) in [5, 5.41) is 24.2. The number of non-ortho nitro benzene ring substituents is 1. The number of allylic oxidation sites excluding steroid dienone is 3. The fraction of sp³-hybridized carbons (Fsp3) is 0.421. The molecule has 156 valence electrons. The quantitative estimate of drug-likeness (QED) is 0.421. The van der Waals surface area contributed by atoms with Gasteiger partial charge >= 0.3 is 13.6 Å². The van der Waals surface area contributed by atoms with Crippen molar-refractivity contribution in [2.75, 3.05) is 13.2 Å². The first kappa shape index (κ1) is 21.2. The Bertz CT molecular complexity index is 982. The summed E-state index contributed by atoms with van der Waals surface area (Å²) < 4.78 is 25.0. The van der Waals surface area contributed by atoms with Crippen LogP contribution in [0.1, 0.15) is 39.2 Å². The van der Waals surface area contributed by atoms with Crippen LogP contribution in [0.4, 0.5) is 5.69 Å². The monoisotopic (exact) mass is 422 g/mol. The SMILES string of the molecule is CC1=C(C(=O)O)[C@@H](c2cccc([N+](=O)[O-])c2)C(P2(=O)OCC(C)(C)CO2)=C(C)N1. The van der Waals surface area contributed by atoms with Crippen LogP contribution in [0.15, 0.2) is 46.5 Å². The third-order valence-electron chi connectivity index (χ3n) is 4.92. The predicted octanol–water partition coefficient (Wildman–Crippen LogP) is 4.14. The molecule has 0 radical (unpaired) electrons. The summed E-state index contributed by atoms with van der Waals surface area (Å²) in [4.78, 5) is 22.8. The number of benzene rings is 1. The minimum atomic E-state index is -3.84. The van der Waals surface area contributed by atoms with E-state index in [1.807, 2.05) is 13.8 Å². The van der Waals surface area contributed by atoms with Gasteiger partial charge in [-0.15, -0.1) is 0 Å². The van der Waals surface area contributed by atoms with Gasteiger partial charge in [0, 0.05) is 28.9 Å². The summed E-state index contributed by atoms with van der Waals surface area (Å²) >= 11 is 0. The zero-order valence-corrected chi connectivity index (χ0v) is 17.5. The molecule has 0 aliphatic carbocycles. The number of dihydropyridines is 1. The molecule has 0 aromatic heterocycles. The number of nitro groups is 1. The lowest BCUT2D eigenvalue weighted by atomic mass is 9.86. The van der Waals surface area contributed by atoms with Crippen LogP contribution in [0.5, 0.6) is 0 Å². The van der Waals surface area contributed by atoms with E-state index >= 15 is 0 Å². The molecule has 2 heterocycles. The Morgan fingerprint density at radius 1 is 1.28 bits per heavy atom. The van der Waals surface area contributed by atoms with Crippen LogP contribution in [0.2, 0.25) is 0 Å². The van der Waals surface area contributed by atoms with Crippen molar-refractivity contribution in [3.05, 3.63) is 62.2 Å². The van der Waals surface area contributed by atoms with Gasteiger partial charge in [0.1, 0.15) is 0 Å². The topological polar surface area (TPSA) is 128 Å². The number of aliphatic carboxylic acids is 1. The van der Waals surface area contributed by atoms with Gasteiger partial charge in [0.05, 0.1) is 34.9 Å². The normalized spacial score (nSPS) is 23.5. The van der Waals surface area contributed by atoms with Gasteiger partial charge in [-0.2, -0.15) is 0 Å². The zero-order valence-electron chi connectivity index (χ0n) is 16.6. The molecule has 3 rings (SSSR count). The van der Waals surface area contributed by atoms with Gasteiger partial charge in [0.2, 0.25) is 0 Å². The molecular formula is C19H23N2O7P. The molecule has 0 spiro atoms. The number of nitro benzene ring substituents is 1. The van der Waals surface area contributed by atoms with Crippen molar-refractivity contribution in [2.24, 2.45) is 5.41 Å². The highest BCUT2D eigenvalue weighted by molar-refractivity contribution is 7.58. The number of hydrogen-bond donors (Lipinski definition) is 2. The van der Waals surface area contributed by atoms with Crippen molar-refractivity contribution in [1.82, 2.24) is 5.32 Å². The fourth-order valence-corrected chi connectivity index (χ4v) is 5.96. The summed E-state index contributed by atoms with van der Waals surface area (Å²) in [6, 6.07) is 5.65. The molecule has 2 aliphatic heterocycles. The molecule has 1 atom stereocenters. The van der Waals surface area contributed by atoms with Gasteiger partial charge in [0.25, 0.3) is 5.69 Å². The molecule has 29 heavy (non-hydrogen) atoms. The minimum Gasteiger partial charge on any atom is -0.478 e. The second kappa shape index (κ2) is 7.40. The van der Waals surface area contributed by atoms with Crippen molar-refractivity contribution in [2.45, 2.75) is 33.6 Å². The largest absolute Gasteiger partial charge is 0.478 e. The number of carboxylic acids is 1. The number of nitrogens with zero attached hydrogens (tertiary/aromatic N) is 1. The van der Waals surface area contributed by atoms with E-state index in [9.17, 15) is 24.6 Å². The highest BCUT2D eigenvalue weighted by Crippen LogP contribution is 2.66. The van der Waals surface area contributed by atoms with Gasteiger partial charge in [-0.25, -0.2) is 4.79 Å². The van der Waals surface area contributed by atoms with Gasteiger partial charge < -0.3 is 19.5 Å². The number of carboxylic acid groups (broad SMARTS) is 1. The summed E-state index contributed by atoms with van der Waals surface area (Å²) in [7, 11) is -3.84. The van der Waals surface area contributed by atoms with Crippen molar-refractivity contribution in [3.63, 3.8) is 0 Å². The van der Waals surface area contributed by atoms with E-state index in [1.165, 1.54) is 18.2 Å². The standard InChI is InChI=1S/C19H23N2O7P/c1-11-15(18(22)23)16(13-6-5-7-14(8-13)21(24)25)17(12(2)20-11)29(26)27-9-19(3,4)10-28-29/h5-8,16,20H,9-10H2,1-4H3,(H,22,23)/t16-/m1/s1. The predicted molar refractivity (Wildman–Crippen MR) is 105 cm³/mol. The molecule has 1 aromatic rings. The van der Waals surface area contributed by atoms with E-state index < -0.39 is 24.4 Å². The Hall–Kier alpha value is -2.48. The summed E-state index contributed by atoms with van der Waals surface area (Å²) in [5.74, 6) is -2.24. The molecule has 2 N–H and O–H groups in total. The average molecular weight is 422 g/mol. The first-order valence-electron chi connectivity index (χ1n) is 9.01. The van der Waals surface area contributed by atoms with E-state index in [0.717, 1.165) is 0 Å². The number of nitrogens with one attached hydrogen (secondary N) is 1. The average Bonchev–Trinajstić information content (AvgIpc) is 2.63. The lowest BCUT2D eigenvalue weighted by Crippen LogP contribution is -2.33. The van der Waals surface area contributed by atoms with Gasteiger partial charge in [-0.05, 0) is 19.4 Å². The van der Waals surface area contributed by atoms with Crippen LogP contribution in [-0.2, 0) is 18.4 Å². The highest BCUT2D eigenvalue weighted by Gasteiger charge is 2.48. The van der Waals surface area contributed by atoms with Crippen LogP contribution in [0.25, 0.3) is 0 Å². The summed E-state index contributed by atoms with van der Waals surface area (Å²) in [5.41, 5.74) is 0.557. The third kappa shape index (κ3) is 3.99. The van der Waals surface area contributed by atoms with Crippen LogP contribution in [0, 0.1) is 15.5 Å². The maximum atomic E-state index is 13.7. The summed E-state index contributed by atoms with van der Waals surface area (Å²) in [6.07, 6.45) is 0. The molecule has 1 fully saturated rings. The van der Waals surface area contributed by atoms with Gasteiger partial charge in [-0.1, -0.05) is 26.0 Å². The minimum absolute atomic E-state index is 0.0571. The van der Waals surface area contributed by atoms with Crippen LogP contribution in [-0.4, -0.2) is 29.2 Å². The molecule has 0 amide bonds.